The second kappa shape index (κ2) is 4.66. The van der Waals surface area contributed by atoms with Gasteiger partial charge in [-0.3, -0.25) is 0 Å². The minimum absolute atomic E-state index is 0.102. The third-order valence-corrected chi connectivity index (χ3v) is 4.53. The highest BCUT2D eigenvalue weighted by Gasteiger charge is 2.36. The number of rotatable bonds is 4. The number of nitrogens with two attached hydrogens (primary N) is 1. The van der Waals surface area contributed by atoms with Crippen LogP contribution in [-0.2, 0) is 0 Å². The molecule has 2 rings (SSSR count). The summed E-state index contributed by atoms with van der Waals surface area (Å²) in [6.45, 7) is 7.07. The van der Waals surface area contributed by atoms with Crippen LogP contribution in [0.5, 0.6) is 0 Å². The van der Waals surface area contributed by atoms with Gasteiger partial charge in [-0.15, -0.1) is 0 Å². The lowest BCUT2D eigenvalue weighted by Gasteiger charge is -2.39. The van der Waals surface area contributed by atoms with Crippen LogP contribution in [0.3, 0.4) is 0 Å². The first-order valence-electron chi connectivity index (χ1n) is 6.96. The van der Waals surface area contributed by atoms with Gasteiger partial charge in [0.25, 0.3) is 0 Å². The Morgan fingerprint density at radius 2 is 2.06 bits per heavy atom. The highest BCUT2D eigenvalue weighted by molar-refractivity contribution is 4.93. The lowest BCUT2D eigenvalue weighted by Crippen LogP contribution is -2.52. The lowest BCUT2D eigenvalue weighted by molar-refractivity contribution is 0.165. The predicted molar refractivity (Wildman–Crippen MR) is 69.3 cm³/mol. The molecule has 2 heteroatoms. The quantitative estimate of drug-likeness (QED) is 0.795. The zero-order valence-corrected chi connectivity index (χ0v) is 11.2. The van der Waals surface area contributed by atoms with Crippen LogP contribution < -0.4 is 5.73 Å². The van der Waals surface area contributed by atoms with Gasteiger partial charge in [0.05, 0.1) is 0 Å². The molecular formula is C14H28N2. The summed E-state index contributed by atoms with van der Waals surface area (Å²) in [6, 6.07) is 0. The number of hydrogen-bond acceptors (Lipinski definition) is 2. The molecule has 0 bridgehead atoms. The monoisotopic (exact) mass is 224 g/mol. The molecule has 2 aliphatic carbocycles. The predicted octanol–water partition coefficient (Wildman–Crippen LogP) is 2.48. The van der Waals surface area contributed by atoms with Gasteiger partial charge in [0.2, 0.25) is 0 Å². The fourth-order valence-corrected chi connectivity index (χ4v) is 3.50. The molecule has 0 spiro atoms. The second-order valence-corrected chi connectivity index (χ2v) is 6.73. The molecule has 0 aromatic heterocycles. The summed E-state index contributed by atoms with van der Waals surface area (Å²) in [5.41, 5.74) is 6.64. The Morgan fingerprint density at radius 1 is 1.38 bits per heavy atom. The van der Waals surface area contributed by atoms with Gasteiger partial charge in [-0.1, -0.05) is 26.7 Å². The van der Waals surface area contributed by atoms with Gasteiger partial charge in [0.1, 0.15) is 0 Å². The Balaban J connectivity index is 1.77. The highest BCUT2D eigenvalue weighted by Crippen LogP contribution is 2.38. The molecule has 2 saturated carbocycles. The Morgan fingerprint density at radius 3 is 2.62 bits per heavy atom. The summed E-state index contributed by atoms with van der Waals surface area (Å²) in [5.74, 6) is 2.74. The minimum atomic E-state index is 0.102. The van der Waals surface area contributed by atoms with Crippen molar-refractivity contribution in [2.45, 2.75) is 51.5 Å². The highest BCUT2D eigenvalue weighted by atomic mass is 15.1. The molecule has 0 radical (unpaired) electrons. The Bertz CT molecular complexity index is 241. The fraction of sp³-hybridized carbons (Fsp3) is 1.00. The first-order chi connectivity index (χ1) is 7.48. The van der Waals surface area contributed by atoms with Gasteiger partial charge in [0.15, 0.2) is 0 Å². The maximum absolute atomic E-state index is 6.54. The van der Waals surface area contributed by atoms with Crippen LogP contribution >= 0.6 is 0 Å². The normalized spacial score (nSPS) is 43.7. The second-order valence-electron chi connectivity index (χ2n) is 6.73. The van der Waals surface area contributed by atoms with Crippen LogP contribution in [0.1, 0.15) is 46.0 Å². The van der Waals surface area contributed by atoms with Crippen molar-refractivity contribution in [3.8, 4) is 0 Å². The van der Waals surface area contributed by atoms with E-state index in [0.29, 0.717) is 0 Å². The van der Waals surface area contributed by atoms with Crippen molar-refractivity contribution in [1.82, 2.24) is 4.90 Å². The van der Waals surface area contributed by atoms with Crippen LogP contribution in [0.15, 0.2) is 0 Å². The van der Waals surface area contributed by atoms with Crippen LogP contribution in [0, 0.1) is 17.8 Å². The molecule has 94 valence electrons. The van der Waals surface area contributed by atoms with Crippen LogP contribution in [0.4, 0.5) is 0 Å². The molecule has 2 aliphatic rings. The van der Waals surface area contributed by atoms with Crippen molar-refractivity contribution in [3.05, 3.63) is 0 Å². The Kier molecular flexibility index (Phi) is 3.60. The van der Waals surface area contributed by atoms with Crippen LogP contribution in [0.2, 0.25) is 0 Å². The first kappa shape index (κ1) is 12.4. The zero-order chi connectivity index (χ0) is 11.8. The van der Waals surface area contributed by atoms with Gasteiger partial charge in [-0.25, -0.2) is 0 Å². The summed E-state index contributed by atoms with van der Waals surface area (Å²) in [6.07, 6.45) is 6.57. The third-order valence-electron chi connectivity index (χ3n) is 4.53. The average molecular weight is 224 g/mol. The van der Waals surface area contributed by atoms with Gasteiger partial charge >= 0.3 is 0 Å². The van der Waals surface area contributed by atoms with Crippen molar-refractivity contribution >= 4 is 0 Å². The molecule has 16 heavy (non-hydrogen) atoms. The smallest absolute Gasteiger partial charge is 0.0285 e. The largest absolute Gasteiger partial charge is 0.324 e. The maximum Gasteiger partial charge on any atom is 0.0285 e. The van der Waals surface area contributed by atoms with Gasteiger partial charge < -0.3 is 10.6 Å². The molecule has 0 heterocycles. The van der Waals surface area contributed by atoms with Crippen molar-refractivity contribution in [1.29, 1.82) is 0 Å². The van der Waals surface area contributed by atoms with E-state index in [1.165, 1.54) is 38.6 Å². The fourth-order valence-electron chi connectivity index (χ4n) is 3.50. The third kappa shape index (κ3) is 3.21. The summed E-state index contributed by atoms with van der Waals surface area (Å²) < 4.78 is 0. The van der Waals surface area contributed by atoms with E-state index in [4.69, 9.17) is 5.73 Å². The van der Waals surface area contributed by atoms with Crippen molar-refractivity contribution in [3.63, 3.8) is 0 Å². The van der Waals surface area contributed by atoms with Gasteiger partial charge in [-0.2, -0.15) is 0 Å². The molecule has 2 nitrogen and oxygen atoms in total. The molecule has 0 aromatic carbocycles. The molecule has 2 fully saturated rings. The van der Waals surface area contributed by atoms with Crippen molar-refractivity contribution < 1.29 is 0 Å². The SMILES string of the molecule is CC1CCCC(N)(CN(C)CC2CC2C)C1. The molecular weight excluding hydrogens is 196 g/mol. The average Bonchev–Trinajstić information content (AvgIpc) is 2.79. The Hall–Kier alpha value is -0.0800. The first-order valence-corrected chi connectivity index (χ1v) is 6.96. The molecule has 2 N–H and O–H groups in total. The van der Waals surface area contributed by atoms with E-state index in [1.807, 2.05) is 0 Å². The van der Waals surface area contributed by atoms with Gasteiger partial charge in [0, 0.05) is 18.6 Å². The number of likely N-dealkylation sites (N-methyl/N-ethyl adjacent to an activating group) is 1. The van der Waals surface area contributed by atoms with Gasteiger partial charge in [-0.05, 0) is 44.1 Å². The van der Waals surface area contributed by atoms with E-state index < -0.39 is 0 Å². The topological polar surface area (TPSA) is 29.3 Å². The van der Waals surface area contributed by atoms with E-state index in [9.17, 15) is 0 Å². The summed E-state index contributed by atoms with van der Waals surface area (Å²) in [5, 5.41) is 0. The maximum atomic E-state index is 6.54. The molecule has 0 amide bonds. The number of nitrogens with zero attached hydrogens (tertiary/aromatic N) is 1. The van der Waals surface area contributed by atoms with Crippen LogP contribution in [-0.4, -0.2) is 30.6 Å². The molecule has 0 saturated heterocycles. The molecule has 0 aromatic rings. The molecule has 4 unspecified atom stereocenters. The summed E-state index contributed by atoms with van der Waals surface area (Å²) >= 11 is 0. The molecule has 0 aliphatic heterocycles. The van der Waals surface area contributed by atoms with Crippen molar-refractivity contribution in [2.24, 2.45) is 23.5 Å². The Labute approximate surface area is 101 Å². The van der Waals surface area contributed by atoms with E-state index in [1.54, 1.807) is 0 Å². The van der Waals surface area contributed by atoms with E-state index in [0.717, 1.165) is 24.3 Å². The zero-order valence-electron chi connectivity index (χ0n) is 11.2. The summed E-state index contributed by atoms with van der Waals surface area (Å²) in [7, 11) is 2.25. The minimum Gasteiger partial charge on any atom is -0.324 e. The summed E-state index contributed by atoms with van der Waals surface area (Å²) in [4.78, 5) is 2.48. The lowest BCUT2D eigenvalue weighted by atomic mass is 9.77. The number of hydrogen-bond donors (Lipinski definition) is 1. The van der Waals surface area contributed by atoms with E-state index in [2.05, 4.69) is 25.8 Å². The van der Waals surface area contributed by atoms with E-state index >= 15 is 0 Å². The standard InChI is InChI=1S/C14H28N2/c1-11-5-4-6-14(15,8-11)10-16(3)9-13-7-12(13)2/h11-13H,4-10,15H2,1-3H3. The van der Waals surface area contributed by atoms with Crippen LogP contribution in [0.25, 0.3) is 0 Å². The molecule has 4 atom stereocenters. The van der Waals surface area contributed by atoms with Crippen molar-refractivity contribution in [2.75, 3.05) is 20.1 Å². The van der Waals surface area contributed by atoms with E-state index in [-0.39, 0.29) is 5.54 Å².